The Balaban J connectivity index is 2.64. The van der Waals surface area contributed by atoms with E-state index in [4.69, 9.17) is 11.6 Å². The quantitative estimate of drug-likeness (QED) is 0.724. The Morgan fingerprint density at radius 3 is 2.33 bits per heavy atom. The van der Waals surface area contributed by atoms with E-state index >= 15 is 0 Å². The molecular weight excluding hydrogens is 232 g/mol. The van der Waals surface area contributed by atoms with Crippen molar-refractivity contribution >= 4 is 21.4 Å². The van der Waals surface area contributed by atoms with Gasteiger partial charge in [-0.3, -0.25) is 0 Å². The molecule has 0 radical (unpaired) electrons. The minimum absolute atomic E-state index is 0.130. The average molecular weight is 253 g/mol. The van der Waals surface area contributed by atoms with Gasteiger partial charge >= 0.3 is 0 Å². The molecule has 0 N–H and O–H groups in total. The fourth-order valence-corrected chi connectivity index (χ4v) is 3.82. The normalized spacial score (nSPS) is 32.3. The van der Waals surface area contributed by atoms with Crippen molar-refractivity contribution < 1.29 is 8.42 Å². The predicted octanol–water partition coefficient (Wildman–Crippen LogP) is 2.85. The molecule has 0 aliphatic heterocycles. The molecule has 1 rings (SSSR count). The summed E-state index contributed by atoms with van der Waals surface area (Å²) in [7, 11) is -2.86. The maximum absolute atomic E-state index is 11.5. The van der Waals surface area contributed by atoms with Crippen molar-refractivity contribution in [2.24, 2.45) is 11.8 Å². The summed E-state index contributed by atoms with van der Waals surface area (Å²) in [5, 5.41) is 0.00225. The van der Waals surface area contributed by atoms with Gasteiger partial charge in [-0.2, -0.15) is 0 Å². The SMILES string of the molecule is CC(Cl)C(C)C1CCCC(S(C)(=O)=O)C1. The zero-order valence-electron chi connectivity index (χ0n) is 9.74. The predicted molar refractivity (Wildman–Crippen MR) is 65.1 cm³/mol. The van der Waals surface area contributed by atoms with Crippen LogP contribution >= 0.6 is 11.6 Å². The van der Waals surface area contributed by atoms with Crippen LogP contribution in [0.2, 0.25) is 0 Å². The van der Waals surface area contributed by atoms with Gasteiger partial charge in [0.25, 0.3) is 0 Å². The van der Waals surface area contributed by atoms with E-state index in [1.807, 2.05) is 6.92 Å². The number of alkyl halides is 1. The van der Waals surface area contributed by atoms with Gasteiger partial charge in [0.1, 0.15) is 9.84 Å². The Morgan fingerprint density at radius 2 is 1.87 bits per heavy atom. The standard InChI is InChI=1S/C11H21ClO2S/c1-8(9(2)12)10-5-4-6-11(7-10)15(3,13)14/h8-11H,4-7H2,1-3H3. The molecule has 4 atom stereocenters. The Kier molecular flexibility index (Phi) is 4.48. The van der Waals surface area contributed by atoms with E-state index in [0.717, 1.165) is 25.7 Å². The van der Waals surface area contributed by atoms with Crippen molar-refractivity contribution in [3.8, 4) is 0 Å². The molecule has 0 saturated heterocycles. The zero-order chi connectivity index (χ0) is 11.6. The van der Waals surface area contributed by atoms with Gasteiger partial charge in [0.05, 0.1) is 5.25 Å². The van der Waals surface area contributed by atoms with Gasteiger partial charge in [-0.15, -0.1) is 11.6 Å². The Morgan fingerprint density at radius 1 is 1.27 bits per heavy atom. The molecule has 2 nitrogen and oxygen atoms in total. The minimum atomic E-state index is -2.86. The van der Waals surface area contributed by atoms with Crippen LogP contribution in [0.25, 0.3) is 0 Å². The highest BCUT2D eigenvalue weighted by molar-refractivity contribution is 7.91. The van der Waals surface area contributed by atoms with Crippen molar-refractivity contribution in [3.63, 3.8) is 0 Å². The first-order chi connectivity index (χ1) is 6.82. The van der Waals surface area contributed by atoms with Crippen LogP contribution in [0.4, 0.5) is 0 Å². The van der Waals surface area contributed by atoms with Gasteiger partial charge in [0.15, 0.2) is 0 Å². The maximum Gasteiger partial charge on any atom is 0.150 e. The molecular formula is C11H21ClO2S. The molecule has 4 unspecified atom stereocenters. The summed E-state index contributed by atoms with van der Waals surface area (Å²) in [6.07, 6.45) is 5.14. The fourth-order valence-electron chi connectivity index (χ4n) is 2.42. The molecule has 0 heterocycles. The number of halogens is 1. The topological polar surface area (TPSA) is 34.1 Å². The first-order valence-corrected chi connectivity index (χ1v) is 8.04. The third kappa shape index (κ3) is 3.63. The van der Waals surface area contributed by atoms with Gasteiger partial charge < -0.3 is 0 Å². The molecule has 0 amide bonds. The van der Waals surface area contributed by atoms with Crippen LogP contribution in [0.5, 0.6) is 0 Å². The van der Waals surface area contributed by atoms with E-state index in [1.165, 1.54) is 6.26 Å². The molecule has 0 aromatic carbocycles. The summed E-state index contributed by atoms with van der Waals surface area (Å²) >= 11 is 6.07. The monoisotopic (exact) mass is 252 g/mol. The lowest BCUT2D eigenvalue weighted by Crippen LogP contribution is -2.32. The van der Waals surface area contributed by atoms with E-state index in [2.05, 4.69) is 6.92 Å². The molecule has 1 saturated carbocycles. The molecule has 1 fully saturated rings. The van der Waals surface area contributed by atoms with Gasteiger partial charge in [0, 0.05) is 11.6 Å². The van der Waals surface area contributed by atoms with Crippen molar-refractivity contribution in [2.45, 2.75) is 50.2 Å². The van der Waals surface area contributed by atoms with E-state index in [1.54, 1.807) is 0 Å². The van der Waals surface area contributed by atoms with E-state index in [9.17, 15) is 8.42 Å². The lowest BCUT2D eigenvalue weighted by Gasteiger charge is -2.33. The number of hydrogen-bond acceptors (Lipinski definition) is 2. The highest BCUT2D eigenvalue weighted by Gasteiger charge is 2.32. The van der Waals surface area contributed by atoms with Gasteiger partial charge in [-0.05, 0) is 31.6 Å². The highest BCUT2D eigenvalue weighted by Crippen LogP contribution is 2.35. The molecule has 0 aromatic heterocycles. The second kappa shape index (κ2) is 5.05. The van der Waals surface area contributed by atoms with Crippen LogP contribution in [0.1, 0.15) is 39.5 Å². The largest absolute Gasteiger partial charge is 0.229 e. The van der Waals surface area contributed by atoms with Crippen molar-refractivity contribution in [1.29, 1.82) is 0 Å². The lowest BCUT2D eigenvalue weighted by molar-refractivity contribution is 0.262. The first-order valence-electron chi connectivity index (χ1n) is 5.65. The Hall–Kier alpha value is 0.240. The smallest absolute Gasteiger partial charge is 0.150 e. The maximum atomic E-state index is 11.5. The summed E-state index contributed by atoms with van der Waals surface area (Å²) < 4.78 is 23.0. The molecule has 90 valence electrons. The average Bonchev–Trinajstić information content (AvgIpc) is 2.15. The molecule has 0 bridgehead atoms. The van der Waals surface area contributed by atoms with E-state index < -0.39 is 9.84 Å². The molecule has 15 heavy (non-hydrogen) atoms. The van der Waals surface area contributed by atoms with Gasteiger partial charge in [-0.25, -0.2) is 8.42 Å². The second-order valence-corrected chi connectivity index (χ2v) is 7.93. The third-order valence-corrected chi connectivity index (χ3v) is 5.78. The van der Waals surface area contributed by atoms with Crippen LogP contribution in [0.15, 0.2) is 0 Å². The summed E-state index contributed by atoms with van der Waals surface area (Å²) in [4.78, 5) is 0. The van der Waals surface area contributed by atoms with Crippen LogP contribution in [-0.2, 0) is 9.84 Å². The fraction of sp³-hybridized carbons (Fsp3) is 1.00. The van der Waals surface area contributed by atoms with E-state index in [0.29, 0.717) is 11.8 Å². The van der Waals surface area contributed by atoms with Crippen LogP contribution < -0.4 is 0 Å². The number of hydrogen-bond donors (Lipinski definition) is 0. The molecule has 0 aromatic rings. The van der Waals surface area contributed by atoms with Gasteiger partial charge in [0.2, 0.25) is 0 Å². The van der Waals surface area contributed by atoms with Gasteiger partial charge in [-0.1, -0.05) is 19.8 Å². The molecule has 1 aliphatic carbocycles. The summed E-state index contributed by atoms with van der Waals surface area (Å²) in [5.74, 6) is 0.891. The summed E-state index contributed by atoms with van der Waals surface area (Å²) in [5.41, 5.74) is 0. The Labute approximate surface area is 98.3 Å². The van der Waals surface area contributed by atoms with Crippen molar-refractivity contribution in [3.05, 3.63) is 0 Å². The van der Waals surface area contributed by atoms with Crippen LogP contribution in [-0.4, -0.2) is 25.3 Å². The number of sulfone groups is 1. The zero-order valence-corrected chi connectivity index (χ0v) is 11.3. The Bertz CT molecular complexity index is 298. The van der Waals surface area contributed by atoms with Crippen LogP contribution in [0.3, 0.4) is 0 Å². The van der Waals surface area contributed by atoms with E-state index in [-0.39, 0.29) is 10.6 Å². The summed E-state index contributed by atoms with van der Waals surface area (Å²) in [6.45, 7) is 4.13. The third-order valence-electron chi connectivity index (χ3n) is 3.74. The van der Waals surface area contributed by atoms with Crippen LogP contribution in [0, 0.1) is 11.8 Å². The molecule has 1 aliphatic rings. The van der Waals surface area contributed by atoms with Crippen molar-refractivity contribution in [2.75, 3.05) is 6.26 Å². The number of rotatable bonds is 3. The molecule has 4 heteroatoms. The first kappa shape index (κ1) is 13.3. The summed E-state index contributed by atoms with van der Waals surface area (Å²) in [6, 6.07) is 0. The second-order valence-electron chi connectivity index (χ2n) is 4.91. The minimum Gasteiger partial charge on any atom is -0.229 e. The highest BCUT2D eigenvalue weighted by atomic mass is 35.5. The lowest BCUT2D eigenvalue weighted by atomic mass is 9.79. The molecule has 0 spiro atoms. The van der Waals surface area contributed by atoms with Crippen molar-refractivity contribution in [1.82, 2.24) is 0 Å².